The smallest absolute Gasteiger partial charge is 0.363 e. The van der Waals surface area contributed by atoms with Gasteiger partial charge in [0.05, 0.1) is 34.5 Å². The van der Waals surface area contributed by atoms with Crippen LogP contribution in [0, 0.1) is 0 Å². The third-order valence-electron chi connectivity index (χ3n) is 2.90. The fourth-order valence-corrected chi connectivity index (χ4v) is 3.56. The highest BCUT2D eigenvalue weighted by Crippen LogP contribution is 2.60. The number of benzene rings is 1. The molecule has 0 aliphatic carbocycles. The molecule has 0 radical (unpaired) electrons. The van der Waals surface area contributed by atoms with Crippen molar-refractivity contribution in [3.05, 3.63) is 17.7 Å². The van der Waals surface area contributed by atoms with Crippen molar-refractivity contribution in [3.63, 3.8) is 0 Å². The number of hydrogen-bond acceptors (Lipinski definition) is 7. The van der Waals surface area contributed by atoms with Gasteiger partial charge >= 0.3 is 7.60 Å². The fourth-order valence-electron chi connectivity index (χ4n) is 1.97. The van der Waals surface area contributed by atoms with E-state index in [1.54, 1.807) is 13.8 Å². The van der Waals surface area contributed by atoms with Gasteiger partial charge in [-0.25, -0.2) is 0 Å². The van der Waals surface area contributed by atoms with Gasteiger partial charge in [0.15, 0.2) is 17.3 Å². The quantitative estimate of drug-likeness (QED) is 0.695. The number of hydrogen-bond donors (Lipinski definition) is 1. The predicted octanol–water partition coefficient (Wildman–Crippen LogP) is 2.97. The molecule has 1 atom stereocenters. The topological polar surface area (TPSA) is 83.5 Å². The lowest BCUT2D eigenvalue weighted by atomic mass is 10.2. The Morgan fingerprint density at radius 1 is 1.00 bits per heavy atom. The minimum Gasteiger partial charge on any atom is -0.493 e. The Kier molecular flexibility index (Phi) is 7.16. The number of ether oxygens (including phenoxy) is 3. The van der Waals surface area contributed by atoms with Crippen molar-refractivity contribution in [2.45, 2.75) is 19.7 Å². The third-order valence-corrected chi connectivity index (χ3v) is 5.04. The molecule has 1 aromatic carbocycles. The van der Waals surface area contributed by atoms with Crippen LogP contribution in [0.1, 0.15) is 25.3 Å². The van der Waals surface area contributed by atoms with Gasteiger partial charge in [0.2, 0.25) is 5.75 Å². The molecule has 0 aliphatic rings. The summed E-state index contributed by atoms with van der Waals surface area (Å²) in [6.45, 7) is 3.65. The van der Waals surface area contributed by atoms with Crippen LogP contribution in [-0.4, -0.2) is 39.6 Å². The largest absolute Gasteiger partial charge is 0.493 e. The maximum Gasteiger partial charge on any atom is 0.363 e. The maximum absolute atomic E-state index is 12.7. The van der Waals surface area contributed by atoms with Gasteiger partial charge in [-0.2, -0.15) is 0 Å². The van der Waals surface area contributed by atoms with E-state index in [0.29, 0.717) is 22.8 Å². The second kappa shape index (κ2) is 8.39. The van der Waals surface area contributed by atoms with Crippen LogP contribution in [0.2, 0.25) is 0 Å². The zero-order valence-corrected chi connectivity index (χ0v) is 14.4. The first-order valence-corrected chi connectivity index (χ1v) is 8.45. The van der Waals surface area contributed by atoms with Gasteiger partial charge in [0, 0.05) is 5.56 Å². The van der Waals surface area contributed by atoms with E-state index in [-0.39, 0.29) is 13.2 Å². The molecule has 126 valence electrons. The van der Waals surface area contributed by atoms with Crippen LogP contribution in [-0.2, 0) is 13.6 Å². The summed E-state index contributed by atoms with van der Waals surface area (Å²) in [5.74, 6) is -0.393. The van der Waals surface area contributed by atoms with E-state index in [1.807, 2.05) is 0 Å². The standard InChI is InChI=1S/C14H23O7P/c1-6-20-22(16,21-7-2)14(15)10-8-11(17-3)13(19-5)12(9-10)18-4/h8-9,14-15H,6-7H2,1-5H3/t14-/m0/s1. The molecule has 0 unspecified atom stereocenters. The van der Waals surface area contributed by atoms with Crippen LogP contribution < -0.4 is 14.2 Å². The van der Waals surface area contributed by atoms with Gasteiger partial charge in [-0.15, -0.1) is 0 Å². The first-order chi connectivity index (χ1) is 10.5. The lowest BCUT2D eigenvalue weighted by Gasteiger charge is -2.23. The molecule has 0 heterocycles. The molecular weight excluding hydrogens is 311 g/mol. The predicted molar refractivity (Wildman–Crippen MR) is 81.9 cm³/mol. The summed E-state index contributed by atoms with van der Waals surface area (Å²) in [7, 11) is 0.674. The molecule has 1 N–H and O–H groups in total. The van der Waals surface area contributed by atoms with E-state index in [9.17, 15) is 9.67 Å². The van der Waals surface area contributed by atoms with Crippen LogP contribution in [0.4, 0.5) is 0 Å². The Balaban J connectivity index is 3.32. The normalized spacial score (nSPS) is 12.8. The number of methoxy groups -OCH3 is 3. The molecule has 0 fully saturated rings. The van der Waals surface area contributed by atoms with Crippen molar-refractivity contribution in [1.82, 2.24) is 0 Å². The lowest BCUT2D eigenvalue weighted by Crippen LogP contribution is -2.07. The number of aliphatic hydroxyl groups excluding tert-OH is 1. The summed E-state index contributed by atoms with van der Waals surface area (Å²) in [5, 5.41) is 10.4. The van der Waals surface area contributed by atoms with Gasteiger partial charge < -0.3 is 28.4 Å². The molecular formula is C14H23O7P. The number of rotatable bonds is 9. The molecule has 0 amide bonds. The molecule has 0 saturated carbocycles. The average Bonchev–Trinajstić information content (AvgIpc) is 2.52. The Labute approximate surface area is 130 Å². The summed E-state index contributed by atoms with van der Waals surface area (Å²) in [6, 6.07) is 3.02. The Morgan fingerprint density at radius 2 is 1.45 bits per heavy atom. The van der Waals surface area contributed by atoms with E-state index in [0.717, 1.165) is 0 Å². The summed E-state index contributed by atoms with van der Waals surface area (Å²) >= 11 is 0. The monoisotopic (exact) mass is 334 g/mol. The van der Waals surface area contributed by atoms with Crippen LogP contribution in [0.3, 0.4) is 0 Å². The first kappa shape index (κ1) is 18.8. The zero-order chi connectivity index (χ0) is 16.8. The number of aliphatic hydroxyl groups is 1. The van der Waals surface area contributed by atoms with Crippen molar-refractivity contribution in [2.24, 2.45) is 0 Å². The van der Waals surface area contributed by atoms with E-state index in [1.165, 1.54) is 33.5 Å². The molecule has 0 spiro atoms. The molecule has 0 aliphatic heterocycles. The van der Waals surface area contributed by atoms with E-state index in [2.05, 4.69) is 0 Å². The molecule has 0 bridgehead atoms. The molecule has 7 nitrogen and oxygen atoms in total. The Bertz CT molecular complexity index is 497. The molecule has 1 rings (SSSR count). The van der Waals surface area contributed by atoms with E-state index >= 15 is 0 Å². The van der Waals surface area contributed by atoms with Crippen LogP contribution in [0.5, 0.6) is 17.2 Å². The minimum absolute atomic E-state index is 0.152. The highest BCUT2D eigenvalue weighted by molar-refractivity contribution is 7.54. The summed E-state index contributed by atoms with van der Waals surface area (Å²) in [5.41, 5.74) is 0.291. The SMILES string of the molecule is CCOP(=O)(OCC)[C@H](O)c1cc(OC)c(OC)c(OC)c1. The second-order valence-electron chi connectivity index (χ2n) is 4.21. The molecule has 22 heavy (non-hydrogen) atoms. The van der Waals surface area contributed by atoms with E-state index < -0.39 is 13.4 Å². The van der Waals surface area contributed by atoms with E-state index in [4.69, 9.17) is 23.3 Å². The average molecular weight is 334 g/mol. The first-order valence-electron chi connectivity index (χ1n) is 6.84. The molecule has 0 aromatic heterocycles. The summed E-state index contributed by atoms with van der Waals surface area (Å²) in [4.78, 5) is 0. The fraction of sp³-hybridized carbons (Fsp3) is 0.571. The van der Waals surface area contributed by atoms with Crippen LogP contribution >= 0.6 is 7.60 Å². The lowest BCUT2D eigenvalue weighted by molar-refractivity contribution is 0.149. The summed E-state index contributed by atoms with van der Waals surface area (Å²) in [6.07, 6.45) is 0. The highest BCUT2D eigenvalue weighted by Gasteiger charge is 2.36. The summed E-state index contributed by atoms with van der Waals surface area (Å²) < 4.78 is 38.6. The molecule has 8 heteroatoms. The second-order valence-corrected chi connectivity index (χ2v) is 6.29. The Morgan fingerprint density at radius 3 is 1.77 bits per heavy atom. The van der Waals surface area contributed by atoms with Crippen molar-refractivity contribution in [3.8, 4) is 17.2 Å². The van der Waals surface area contributed by atoms with Crippen molar-refractivity contribution in [2.75, 3.05) is 34.5 Å². The van der Waals surface area contributed by atoms with Crippen LogP contribution in [0.15, 0.2) is 12.1 Å². The molecule has 1 aromatic rings. The zero-order valence-electron chi connectivity index (χ0n) is 13.5. The maximum atomic E-state index is 12.7. The Hall–Kier alpha value is -1.27. The van der Waals surface area contributed by atoms with Gasteiger partial charge in [-0.05, 0) is 26.0 Å². The third kappa shape index (κ3) is 3.93. The van der Waals surface area contributed by atoms with Gasteiger partial charge in [-0.1, -0.05) is 0 Å². The van der Waals surface area contributed by atoms with Gasteiger partial charge in [0.1, 0.15) is 0 Å². The molecule has 0 saturated heterocycles. The van der Waals surface area contributed by atoms with Gasteiger partial charge in [-0.3, -0.25) is 4.57 Å². The van der Waals surface area contributed by atoms with Crippen molar-refractivity contribution < 1.29 is 32.9 Å². The van der Waals surface area contributed by atoms with Crippen LogP contribution in [0.25, 0.3) is 0 Å². The minimum atomic E-state index is -3.71. The highest BCUT2D eigenvalue weighted by atomic mass is 31.2. The van der Waals surface area contributed by atoms with Gasteiger partial charge in [0.25, 0.3) is 0 Å². The van der Waals surface area contributed by atoms with Crippen molar-refractivity contribution >= 4 is 7.60 Å². The van der Waals surface area contributed by atoms with Crippen molar-refractivity contribution in [1.29, 1.82) is 0 Å².